The van der Waals surface area contributed by atoms with Gasteiger partial charge in [0.25, 0.3) is 0 Å². The second kappa shape index (κ2) is 8.31. The zero-order valence-electron chi connectivity index (χ0n) is 15.6. The Balaban J connectivity index is 1.47. The van der Waals surface area contributed by atoms with E-state index >= 15 is 0 Å². The second-order valence-corrected chi connectivity index (χ2v) is 7.21. The van der Waals surface area contributed by atoms with E-state index in [1.165, 1.54) is 23.4 Å². The molecule has 1 fully saturated rings. The Morgan fingerprint density at radius 1 is 1.04 bits per heavy atom. The molecule has 5 nitrogen and oxygen atoms in total. The lowest BCUT2D eigenvalue weighted by Gasteiger charge is -2.34. The molecule has 1 aliphatic heterocycles. The summed E-state index contributed by atoms with van der Waals surface area (Å²) in [6.45, 7) is 9.69. The maximum absolute atomic E-state index is 12.2. The summed E-state index contributed by atoms with van der Waals surface area (Å²) in [4.78, 5) is 4.72. The van der Waals surface area contributed by atoms with E-state index in [1.54, 1.807) is 12.1 Å². The number of hydrogen-bond donors (Lipinski definition) is 1. The van der Waals surface area contributed by atoms with Gasteiger partial charge in [-0.25, -0.2) is 0 Å². The fraction of sp³-hybridized carbons (Fsp3) is 0.526. The van der Waals surface area contributed by atoms with E-state index in [-0.39, 0.29) is 5.75 Å². The van der Waals surface area contributed by atoms with Gasteiger partial charge in [-0.15, -0.1) is 13.2 Å². The van der Waals surface area contributed by atoms with Gasteiger partial charge in [0.05, 0.1) is 6.20 Å². The molecule has 0 spiro atoms. The van der Waals surface area contributed by atoms with Crippen LogP contribution in [-0.4, -0.2) is 52.5 Å². The standard InChI is InChI=1S/C19H25F3N4O/c1-14(2)18-16(11-23-24-18)13-26-9-7-25(8-10-26)12-15-3-5-17(6-4-15)27-19(20,21)22/h3-6,11,14H,7-10,12-13H2,1-2H3,(H,23,24). The van der Waals surface area contributed by atoms with Gasteiger partial charge in [-0.05, 0) is 23.6 Å². The van der Waals surface area contributed by atoms with Gasteiger partial charge < -0.3 is 4.74 Å². The van der Waals surface area contributed by atoms with Gasteiger partial charge in [-0.2, -0.15) is 5.10 Å². The van der Waals surface area contributed by atoms with Crippen molar-refractivity contribution in [1.29, 1.82) is 0 Å². The van der Waals surface area contributed by atoms with Gasteiger partial charge in [-0.3, -0.25) is 14.9 Å². The third-order valence-corrected chi connectivity index (χ3v) is 4.75. The van der Waals surface area contributed by atoms with Crippen molar-refractivity contribution in [3.05, 3.63) is 47.3 Å². The molecule has 1 aromatic heterocycles. The number of benzene rings is 1. The Bertz CT molecular complexity index is 719. The van der Waals surface area contributed by atoms with Crippen molar-refractivity contribution in [2.75, 3.05) is 26.2 Å². The summed E-state index contributed by atoms with van der Waals surface area (Å²) >= 11 is 0. The van der Waals surface area contributed by atoms with E-state index in [2.05, 4.69) is 38.6 Å². The lowest BCUT2D eigenvalue weighted by atomic mass is 10.1. The molecule has 1 saturated heterocycles. The molecule has 2 heterocycles. The van der Waals surface area contributed by atoms with Crippen molar-refractivity contribution < 1.29 is 17.9 Å². The van der Waals surface area contributed by atoms with E-state index in [0.717, 1.165) is 44.8 Å². The topological polar surface area (TPSA) is 44.4 Å². The van der Waals surface area contributed by atoms with Gasteiger partial charge in [0.15, 0.2) is 0 Å². The van der Waals surface area contributed by atoms with E-state index < -0.39 is 6.36 Å². The summed E-state index contributed by atoms with van der Waals surface area (Å²) in [5.74, 6) is 0.241. The molecule has 0 aliphatic carbocycles. The Hall–Kier alpha value is -2.06. The highest BCUT2D eigenvalue weighted by Crippen LogP contribution is 2.23. The lowest BCUT2D eigenvalue weighted by molar-refractivity contribution is -0.274. The number of piperazine rings is 1. The summed E-state index contributed by atoms with van der Waals surface area (Å²) < 4.78 is 40.6. The summed E-state index contributed by atoms with van der Waals surface area (Å²) in [6.07, 6.45) is -2.74. The van der Waals surface area contributed by atoms with Crippen molar-refractivity contribution in [2.45, 2.75) is 39.2 Å². The van der Waals surface area contributed by atoms with Crippen LogP contribution >= 0.6 is 0 Å². The summed E-state index contributed by atoms with van der Waals surface area (Å²) in [7, 11) is 0. The molecule has 0 amide bonds. The fourth-order valence-corrected chi connectivity index (χ4v) is 3.35. The number of aromatic nitrogens is 2. The van der Waals surface area contributed by atoms with Crippen LogP contribution < -0.4 is 4.74 Å². The molecule has 0 atom stereocenters. The normalized spacial score (nSPS) is 16.8. The van der Waals surface area contributed by atoms with Gasteiger partial charge in [0.1, 0.15) is 5.75 Å². The molecule has 0 unspecified atom stereocenters. The number of halogens is 3. The van der Waals surface area contributed by atoms with E-state index in [1.807, 2.05) is 6.20 Å². The van der Waals surface area contributed by atoms with Crippen LogP contribution in [0.4, 0.5) is 13.2 Å². The molecule has 0 bridgehead atoms. The molecular weight excluding hydrogens is 357 g/mol. The fourth-order valence-electron chi connectivity index (χ4n) is 3.35. The van der Waals surface area contributed by atoms with E-state index in [9.17, 15) is 13.2 Å². The van der Waals surface area contributed by atoms with Crippen LogP contribution in [0.25, 0.3) is 0 Å². The summed E-state index contributed by atoms with van der Waals surface area (Å²) in [6, 6.07) is 6.11. The Morgan fingerprint density at radius 2 is 1.63 bits per heavy atom. The molecule has 0 saturated carbocycles. The largest absolute Gasteiger partial charge is 0.573 e. The quantitative estimate of drug-likeness (QED) is 0.827. The number of hydrogen-bond acceptors (Lipinski definition) is 4. The van der Waals surface area contributed by atoms with Crippen LogP contribution in [0.1, 0.15) is 36.6 Å². The minimum absolute atomic E-state index is 0.183. The number of aromatic amines is 1. The maximum atomic E-state index is 12.2. The summed E-state index contributed by atoms with van der Waals surface area (Å²) in [5.41, 5.74) is 3.42. The van der Waals surface area contributed by atoms with Crippen LogP contribution in [-0.2, 0) is 13.1 Å². The van der Waals surface area contributed by atoms with Crippen molar-refractivity contribution >= 4 is 0 Å². The Kier molecular flexibility index (Phi) is 6.06. The van der Waals surface area contributed by atoms with Crippen molar-refractivity contribution in [2.24, 2.45) is 0 Å². The van der Waals surface area contributed by atoms with Crippen molar-refractivity contribution in [3.63, 3.8) is 0 Å². The SMILES string of the molecule is CC(C)c1[nH]ncc1CN1CCN(Cc2ccc(OC(F)(F)F)cc2)CC1. The first-order valence-electron chi connectivity index (χ1n) is 9.11. The van der Waals surface area contributed by atoms with Crippen LogP contribution in [0.5, 0.6) is 5.75 Å². The van der Waals surface area contributed by atoms with Crippen LogP contribution in [0, 0.1) is 0 Å². The molecule has 1 aromatic carbocycles. The van der Waals surface area contributed by atoms with Gasteiger partial charge in [0.2, 0.25) is 0 Å². The second-order valence-electron chi connectivity index (χ2n) is 7.21. The highest BCUT2D eigenvalue weighted by Gasteiger charge is 2.31. The number of alkyl halides is 3. The molecule has 27 heavy (non-hydrogen) atoms. The smallest absolute Gasteiger partial charge is 0.406 e. The lowest BCUT2D eigenvalue weighted by Crippen LogP contribution is -2.45. The Labute approximate surface area is 157 Å². The van der Waals surface area contributed by atoms with Crippen LogP contribution in [0.15, 0.2) is 30.5 Å². The average Bonchev–Trinajstić information content (AvgIpc) is 3.05. The maximum Gasteiger partial charge on any atom is 0.573 e. The van der Waals surface area contributed by atoms with Gasteiger partial charge in [0, 0.05) is 50.5 Å². The number of nitrogens with zero attached hydrogens (tertiary/aromatic N) is 3. The highest BCUT2D eigenvalue weighted by molar-refractivity contribution is 5.27. The highest BCUT2D eigenvalue weighted by atomic mass is 19.4. The molecule has 1 N–H and O–H groups in total. The van der Waals surface area contributed by atoms with Gasteiger partial charge >= 0.3 is 6.36 Å². The van der Waals surface area contributed by atoms with Gasteiger partial charge in [-0.1, -0.05) is 26.0 Å². The number of H-pyrrole nitrogens is 1. The monoisotopic (exact) mass is 382 g/mol. The first kappa shape index (κ1) is 19.7. The first-order chi connectivity index (χ1) is 12.8. The number of nitrogens with one attached hydrogen (secondary N) is 1. The molecule has 148 valence electrons. The van der Waals surface area contributed by atoms with Crippen LogP contribution in [0.2, 0.25) is 0 Å². The van der Waals surface area contributed by atoms with E-state index in [0.29, 0.717) is 5.92 Å². The third-order valence-electron chi connectivity index (χ3n) is 4.75. The van der Waals surface area contributed by atoms with Crippen molar-refractivity contribution in [3.8, 4) is 5.75 Å². The predicted molar refractivity (Wildman–Crippen MR) is 96.4 cm³/mol. The molecule has 0 radical (unpaired) electrons. The molecule has 2 aromatic rings. The summed E-state index contributed by atoms with van der Waals surface area (Å²) in [5, 5.41) is 7.25. The van der Waals surface area contributed by atoms with Crippen molar-refractivity contribution in [1.82, 2.24) is 20.0 Å². The minimum Gasteiger partial charge on any atom is -0.406 e. The molecule has 3 rings (SSSR count). The zero-order chi connectivity index (χ0) is 19.4. The molecular formula is C19H25F3N4O. The average molecular weight is 382 g/mol. The van der Waals surface area contributed by atoms with E-state index in [4.69, 9.17) is 0 Å². The molecule has 8 heteroatoms. The first-order valence-corrected chi connectivity index (χ1v) is 9.11. The van der Waals surface area contributed by atoms with Crippen LogP contribution in [0.3, 0.4) is 0 Å². The number of rotatable bonds is 6. The minimum atomic E-state index is -4.65. The zero-order valence-corrected chi connectivity index (χ0v) is 15.6. The third kappa shape index (κ3) is 5.71. The molecule has 1 aliphatic rings. The Morgan fingerprint density at radius 3 is 2.19 bits per heavy atom. The predicted octanol–water partition coefficient (Wildman–Crippen LogP) is 3.75. The number of ether oxygens (including phenoxy) is 1.